The standard InChI is InChI=1S/C19H18BrClN4OS/c1-2-25-18(22-17(26)11-13-7-9-15(20)10-8-13)23-24-19(25)27-12-14-5-3-4-6-16(14)21/h3-10H,2,11-12H2,1H3,(H,22,23,26). The van der Waals surface area contributed by atoms with E-state index in [1.807, 2.05) is 60.0 Å². The molecule has 0 saturated heterocycles. The predicted octanol–water partition coefficient (Wildman–Crippen LogP) is 5.19. The number of thioether (sulfide) groups is 1. The molecule has 3 rings (SSSR count). The number of anilines is 1. The molecule has 2 aromatic carbocycles. The number of amides is 1. The lowest BCUT2D eigenvalue weighted by Gasteiger charge is -2.09. The molecule has 0 atom stereocenters. The number of carbonyl (C=O) groups excluding carboxylic acids is 1. The van der Waals surface area contributed by atoms with E-state index < -0.39 is 0 Å². The smallest absolute Gasteiger partial charge is 0.231 e. The molecule has 0 fully saturated rings. The van der Waals surface area contributed by atoms with Crippen LogP contribution < -0.4 is 5.32 Å². The van der Waals surface area contributed by atoms with Gasteiger partial charge in [0.15, 0.2) is 5.16 Å². The molecule has 1 aromatic heterocycles. The monoisotopic (exact) mass is 464 g/mol. The molecule has 0 aliphatic rings. The lowest BCUT2D eigenvalue weighted by atomic mass is 10.1. The van der Waals surface area contributed by atoms with E-state index in [1.165, 1.54) is 0 Å². The Kier molecular flexibility index (Phi) is 6.93. The van der Waals surface area contributed by atoms with Crippen LogP contribution in [0.1, 0.15) is 18.1 Å². The quantitative estimate of drug-likeness (QED) is 0.488. The highest BCUT2D eigenvalue weighted by atomic mass is 79.9. The van der Waals surface area contributed by atoms with E-state index in [9.17, 15) is 4.79 Å². The summed E-state index contributed by atoms with van der Waals surface area (Å²) >= 11 is 11.1. The average molecular weight is 466 g/mol. The van der Waals surface area contributed by atoms with Crippen LogP contribution in [0.2, 0.25) is 5.02 Å². The Morgan fingerprint density at radius 1 is 1.19 bits per heavy atom. The SMILES string of the molecule is CCn1c(NC(=O)Cc2ccc(Br)cc2)nnc1SCc1ccccc1Cl. The summed E-state index contributed by atoms with van der Waals surface area (Å²) in [6.45, 7) is 2.65. The van der Waals surface area contributed by atoms with Crippen molar-refractivity contribution >= 4 is 51.1 Å². The van der Waals surface area contributed by atoms with Crippen LogP contribution >= 0.6 is 39.3 Å². The maximum Gasteiger partial charge on any atom is 0.231 e. The number of aromatic nitrogens is 3. The maximum absolute atomic E-state index is 12.3. The first-order valence-electron chi connectivity index (χ1n) is 8.40. The molecule has 3 aromatic rings. The average Bonchev–Trinajstić information content (AvgIpc) is 3.04. The molecule has 0 unspecified atom stereocenters. The van der Waals surface area contributed by atoms with Crippen LogP contribution in [0.15, 0.2) is 58.2 Å². The number of carbonyl (C=O) groups is 1. The first-order chi connectivity index (χ1) is 13.1. The first kappa shape index (κ1) is 19.9. The summed E-state index contributed by atoms with van der Waals surface area (Å²) in [5, 5.41) is 12.7. The third kappa shape index (κ3) is 5.34. The van der Waals surface area contributed by atoms with E-state index in [2.05, 4.69) is 31.4 Å². The van der Waals surface area contributed by atoms with Crippen LogP contribution in [0.5, 0.6) is 0 Å². The topological polar surface area (TPSA) is 59.8 Å². The Labute approximate surface area is 175 Å². The summed E-state index contributed by atoms with van der Waals surface area (Å²) in [5.41, 5.74) is 1.97. The van der Waals surface area contributed by atoms with E-state index in [1.54, 1.807) is 11.8 Å². The number of nitrogens with zero attached hydrogens (tertiary/aromatic N) is 3. The third-order valence-electron chi connectivity index (χ3n) is 3.88. The fraction of sp³-hybridized carbons (Fsp3) is 0.211. The van der Waals surface area contributed by atoms with Gasteiger partial charge in [0.2, 0.25) is 11.9 Å². The van der Waals surface area contributed by atoms with Gasteiger partial charge in [0.05, 0.1) is 6.42 Å². The molecule has 0 aliphatic heterocycles. The van der Waals surface area contributed by atoms with Gasteiger partial charge in [-0.25, -0.2) is 0 Å². The summed E-state index contributed by atoms with van der Waals surface area (Å²) in [6, 6.07) is 15.4. The van der Waals surface area contributed by atoms with Gasteiger partial charge in [0.25, 0.3) is 0 Å². The number of rotatable bonds is 7. The van der Waals surface area contributed by atoms with E-state index >= 15 is 0 Å². The van der Waals surface area contributed by atoms with Crippen LogP contribution in [0, 0.1) is 0 Å². The Bertz CT molecular complexity index is 930. The van der Waals surface area contributed by atoms with Crippen molar-refractivity contribution in [3.8, 4) is 0 Å². The predicted molar refractivity (Wildman–Crippen MR) is 113 cm³/mol. The molecule has 27 heavy (non-hydrogen) atoms. The number of hydrogen-bond donors (Lipinski definition) is 1. The number of halogens is 2. The van der Waals surface area contributed by atoms with Crippen molar-refractivity contribution in [1.82, 2.24) is 14.8 Å². The minimum atomic E-state index is -0.123. The van der Waals surface area contributed by atoms with Crippen molar-refractivity contribution in [2.45, 2.75) is 30.8 Å². The van der Waals surface area contributed by atoms with E-state index in [-0.39, 0.29) is 12.3 Å². The number of hydrogen-bond acceptors (Lipinski definition) is 4. The lowest BCUT2D eigenvalue weighted by molar-refractivity contribution is -0.115. The zero-order valence-electron chi connectivity index (χ0n) is 14.7. The second kappa shape index (κ2) is 9.39. The van der Waals surface area contributed by atoms with Gasteiger partial charge in [-0.1, -0.05) is 69.6 Å². The van der Waals surface area contributed by atoms with Gasteiger partial charge in [0.1, 0.15) is 0 Å². The minimum Gasteiger partial charge on any atom is -0.294 e. The summed E-state index contributed by atoms with van der Waals surface area (Å²) < 4.78 is 2.87. The second-order valence-electron chi connectivity index (χ2n) is 5.78. The molecular formula is C19H18BrClN4OS. The highest BCUT2D eigenvalue weighted by molar-refractivity contribution is 9.10. The molecule has 1 N–H and O–H groups in total. The van der Waals surface area contributed by atoms with Gasteiger partial charge in [-0.15, -0.1) is 10.2 Å². The zero-order chi connectivity index (χ0) is 19.2. The Balaban J connectivity index is 1.65. The maximum atomic E-state index is 12.3. The molecule has 1 amide bonds. The fourth-order valence-corrected chi connectivity index (χ4v) is 4.04. The van der Waals surface area contributed by atoms with Crippen LogP contribution in [0.3, 0.4) is 0 Å². The second-order valence-corrected chi connectivity index (χ2v) is 8.05. The van der Waals surface area contributed by atoms with E-state index in [0.717, 1.165) is 25.8 Å². The van der Waals surface area contributed by atoms with Crippen molar-refractivity contribution in [2.75, 3.05) is 5.32 Å². The molecule has 8 heteroatoms. The summed E-state index contributed by atoms with van der Waals surface area (Å²) in [5.74, 6) is 1.02. The Morgan fingerprint density at radius 2 is 1.93 bits per heavy atom. The number of benzene rings is 2. The summed E-state index contributed by atoms with van der Waals surface area (Å²) in [6.07, 6.45) is 0.284. The van der Waals surface area contributed by atoms with Crippen molar-refractivity contribution in [1.29, 1.82) is 0 Å². The van der Waals surface area contributed by atoms with Crippen molar-refractivity contribution in [2.24, 2.45) is 0 Å². The van der Waals surface area contributed by atoms with Crippen molar-refractivity contribution in [3.05, 3.63) is 69.2 Å². The Hall–Kier alpha value is -1.83. The summed E-state index contributed by atoms with van der Waals surface area (Å²) in [7, 11) is 0. The van der Waals surface area contributed by atoms with E-state index in [0.29, 0.717) is 18.2 Å². The summed E-state index contributed by atoms with van der Waals surface area (Å²) in [4.78, 5) is 12.3. The van der Waals surface area contributed by atoms with Crippen molar-refractivity contribution < 1.29 is 4.79 Å². The van der Waals surface area contributed by atoms with Gasteiger partial charge in [0, 0.05) is 21.8 Å². The van der Waals surface area contributed by atoms with Gasteiger partial charge in [-0.2, -0.15) is 0 Å². The molecule has 0 radical (unpaired) electrons. The molecule has 1 heterocycles. The molecule has 0 bridgehead atoms. The van der Waals surface area contributed by atoms with Gasteiger partial charge < -0.3 is 0 Å². The number of nitrogens with one attached hydrogen (secondary N) is 1. The fourth-order valence-electron chi connectivity index (χ4n) is 2.49. The van der Waals surface area contributed by atoms with Gasteiger partial charge in [-0.3, -0.25) is 14.7 Å². The van der Waals surface area contributed by atoms with Crippen LogP contribution in [0.4, 0.5) is 5.95 Å². The third-order valence-corrected chi connectivity index (χ3v) is 5.79. The molecule has 0 spiro atoms. The molecular weight excluding hydrogens is 448 g/mol. The van der Waals surface area contributed by atoms with E-state index in [4.69, 9.17) is 11.6 Å². The van der Waals surface area contributed by atoms with Crippen LogP contribution in [0.25, 0.3) is 0 Å². The highest BCUT2D eigenvalue weighted by Gasteiger charge is 2.14. The Morgan fingerprint density at radius 3 is 2.63 bits per heavy atom. The van der Waals surface area contributed by atoms with Gasteiger partial charge >= 0.3 is 0 Å². The lowest BCUT2D eigenvalue weighted by Crippen LogP contribution is -2.18. The molecule has 0 aliphatic carbocycles. The highest BCUT2D eigenvalue weighted by Crippen LogP contribution is 2.27. The van der Waals surface area contributed by atoms with Crippen molar-refractivity contribution in [3.63, 3.8) is 0 Å². The minimum absolute atomic E-state index is 0.123. The first-order valence-corrected chi connectivity index (χ1v) is 10.6. The van der Waals surface area contributed by atoms with Crippen LogP contribution in [-0.4, -0.2) is 20.7 Å². The van der Waals surface area contributed by atoms with Gasteiger partial charge in [-0.05, 0) is 36.2 Å². The largest absolute Gasteiger partial charge is 0.294 e. The molecule has 140 valence electrons. The molecule has 0 saturated carbocycles. The normalized spacial score (nSPS) is 10.8. The molecule has 5 nitrogen and oxygen atoms in total. The zero-order valence-corrected chi connectivity index (χ0v) is 17.8. The van der Waals surface area contributed by atoms with Crippen LogP contribution in [-0.2, 0) is 23.5 Å².